The minimum absolute atomic E-state index is 0.227. The first-order valence-electron chi connectivity index (χ1n) is 10.3. The highest BCUT2D eigenvalue weighted by molar-refractivity contribution is 7.92. The fraction of sp³-hybridized carbons (Fsp3) is 0.435. The third kappa shape index (κ3) is 4.98. The number of aryl methyl sites for hydroxylation is 3. The molecule has 3 rings (SSSR count). The van der Waals surface area contributed by atoms with Gasteiger partial charge in [-0.3, -0.25) is 9.10 Å². The van der Waals surface area contributed by atoms with Crippen molar-refractivity contribution in [2.45, 2.75) is 58.5 Å². The maximum absolute atomic E-state index is 13.0. The first kappa shape index (κ1) is 22.6. The van der Waals surface area contributed by atoms with Gasteiger partial charge in [-0.15, -0.1) is 0 Å². The van der Waals surface area contributed by atoms with Crippen molar-refractivity contribution in [1.29, 1.82) is 0 Å². The lowest BCUT2D eigenvalue weighted by Gasteiger charge is -2.29. The van der Waals surface area contributed by atoms with E-state index in [9.17, 15) is 13.2 Å². The van der Waals surface area contributed by atoms with Gasteiger partial charge in [0.15, 0.2) is 0 Å². The predicted molar refractivity (Wildman–Crippen MR) is 123 cm³/mol. The molecule has 0 fully saturated rings. The summed E-state index contributed by atoms with van der Waals surface area (Å²) in [4.78, 5) is 13.0. The van der Waals surface area contributed by atoms with Crippen LogP contribution in [-0.4, -0.2) is 26.6 Å². The number of anilines is 1. The molecule has 0 unspecified atom stereocenters. The van der Waals surface area contributed by atoms with E-state index >= 15 is 0 Å². The van der Waals surface area contributed by atoms with Crippen LogP contribution >= 0.6 is 11.6 Å². The van der Waals surface area contributed by atoms with E-state index in [0.29, 0.717) is 10.7 Å². The van der Waals surface area contributed by atoms with Gasteiger partial charge in [0.25, 0.3) is 0 Å². The molecular formula is C23H29ClN2O3S. The summed E-state index contributed by atoms with van der Waals surface area (Å²) in [6.45, 7) is 5.35. The topological polar surface area (TPSA) is 66.5 Å². The Hall–Kier alpha value is -2.05. The molecule has 162 valence electrons. The summed E-state index contributed by atoms with van der Waals surface area (Å²) in [6, 6.07) is 10.2. The van der Waals surface area contributed by atoms with Crippen molar-refractivity contribution in [3.8, 4) is 0 Å². The van der Waals surface area contributed by atoms with Crippen LogP contribution in [0.2, 0.25) is 5.02 Å². The number of rotatable bonds is 6. The number of hydrogen-bond acceptors (Lipinski definition) is 3. The minimum Gasteiger partial charge on any atom is -0.348 e. The number of sulfonamides is 1. The summed E-state index contributed by atoms with van der Waals surface area (Å²) in [5.74, 6) is -0.359. The lowest BCUT2D eigenvalue weighted by molar-refractivity contribution is -0.122. The Bertz CT molecular complexity index is 1050. The van der Waals surface area contributed by atoms with Crippen molar-refractivity contribution >= 4 is 33.2 Å². The van der Waals surface area contributed by atoms with Gasteiger partial charge in [-0.1, -0.05) is 35.9 Å². The number of halogens is 1. The highest BCUT2D eigenvalue weighted by Crippen LogP contribution is 2.28. The summed E-state index contributed by atoms with van der Waals surface area (Å²) in [5, 5.41) is 3.43. The lowest BCUT2D eigenvalue weighted by atomic mass is 9.89. The molecule has 0 saturated carbocycles. The summed E-state index contributed by atoms with van der Waals surface area (Å²) in [6.07, 6.45) is 5.68. The van der Waals surface area contributed by atoms with E-state index in [1.807, 2.05) is 19.9 Å². The molecule has 0 aromatic heterocycles. The van der Waals surface area contributed by atoms with E-state index in [-0.39, 0.29) is 11.9 Å². The molecule has 2 aromatic carbocycles. The Morgan fingerprint density at radius 2 is 1.73 bits per heavy atom. The van der Waals surface area contributed by atoms with Crippen LogP contribution in [0.4, 0.5) is 5.69 Å². The van der Waals surface area contributed by atoms with Crippen molar-refractivity contribution in [2.24, 2.45) is 0 Å². The van der Waals surface area contributed by atoms with Gasteiger partial charge in [-0.25, -0.2) is 8.42 Å². The first-order valence-corrected chi connectivity index (χ1v) is 12.5. The van der Waals surface area contributed by atoms with Crippen LogP contribution in [0.5, 0.6) is 0 Å². The van der Waals surface area contributed by atoms with E-state index in [0.717, 1.165) is 34.5 Å². The number of hydrogen-bond donors (Lipinski definition) is 1. The SMILES string of the molecule is Cc1ccc(N([C@H](C)C(=O)N[C@H](C)c2ccc3c(c2)CCCC3)S(C)(=O)=O)cc1Cl. The predicted octanol–water partition coefficient (Wildman–Crippen LogP) is 4.56. The molecule has 7 heteroatoms. The zero-order valence-electron chi connectivity index (χ0n) is 17.9. The summed E-state index contributed by atoms with van der Waals surface area (Å²) in [5.41, 5.74) is 4.97. The Balaban J connectivity index is 1.80. The largest absolute Gasteiger partial charge is 0.348 e. The van der Waals surface area contributed by atoms with Gasteiger partial charge in [0, 0.05) is 5.02 Å². The molecule has 1 amide bonds. The molecule has 2 atom stereocenters. The molecule has 0 aliphatic heterocycles. The molecule has 0 spiro atoms. The molecular weight excluding hydrogens is 420 g/mol. The smallest absolute Gasteiger partial charge is 0.244 e. The molecule has 0 saturated heterocycles. The van der Waals surface area contributed by atoms with E-state index < -0.39 is 16.1 Å². The Labute approximate surface area is 184 Å². The molecule has 0 bridgehead atoms. The average molecular weight is 449 g/mol. The molecule has 1 aliphatic carbocycles. The zero-order chi connectivity index (χ0) is 22.1. The fourth-order valence-electron chi connectivity index (χ4n) is 3.97. The third-order valence-electron chi connectivity index (χ3n) is 5.73. The van der Waals surface area contributed by atoms with Gasteiger partial charge in [0.05, 0.1) is 18.0 Å². The van der Waals surface area contributed by atoms with E-state index in [2.05, 4.69) is 17.4 Å². The molecule has 2 aromatic rings. The van der Waals surface area contributed by atoms with Crippen LogP contribution in [0.3, 0.4) is 0 Å². The van der Waals surface area contributed by atoms with Crippen molar-refractivity contribution in [2.75, 3.05) is 10.6 Å². The van der Waals surface area contributed by atoms with Crippen LogP contribution in [0, 0.1) is 6.92 Å². The minimum atomic E-state index is -3.69. The lowest BCUT2D eigenvalue weighted by Crippen LogP contribution is -2.48. The number of nitrogens with one attached hydrogen (secondary N) is 1. The van der Waals surface area contributed by atoms with Gasteiger partial charge in [0.2, 0.25) is 15.9 Å². The van der Waals surface area contributed by atoms with Crippen molar-refractivity contribution < 1.29 is 13.2 Å². The number of amides is 1. The second-order valence-corrected chi connectivity index (χ2v) is 10.4. The standard InChI is InChI=1S/C23H29ClN2O3S/c1-15-9-12-21(14-22(15)24)26(30(4,28)29)17(3)23(27)25-16(2)19-11-10-18-7-5-6-8-20(18)13-19/h9-14,16-17H,5-8H2,1-4H3,(H,25,27)/t16-,17-/m1/s1. The number of carbonyl (C=O) groups excluding carboxylic acids is 1. The Morgan fingerprint density at radius 1 is 1.07 bits per heavy atom. The number of nitrogens with zero attached hydrogens (tertiary/aromatic N) is 1. The number of carbonyl (C=O) groups is 1. The van der Waals surface area contributed by atoms with Gasteiger partial charge < -0.3 is 5.32 Å². The van der Waals surface area contributed by atoms with Crippen LogP contribution in [0.15, 0.2) is 36.4 Å². The van der Waals surface area contributed by atoms with Gasteiger partial charge in [0.1, 0.15) is 6.04 Å². The van der Waals surface area contributed by atoms with E-state index in [4.69, 9.17) is 11.6 Å². The zero-order valence-corrected chi connectivity index (χ0v) is 19.5. The Morgan fingerprint density at radius 3 is 2.37 bits per heavy atom. The molecule has 1 aliphatic rings. The molecule has 0 heterocycles. The van der Waals surface area contributed by atoms with Crippen LogP contribution < -0.4 is 9.62 Å². The van der Waals surface area contributed by atoms with Gasteiger partial charge >= 0.3 is 0 Å². The second kappa shape index (κ2) is 8.98. The highest BCUT2D eigenvalue weighted by Gasteiger charge is 2.30. The molecule has 1 N–H and O–H groups in total. The number of fused-ring (bicyclic) bond motifs is 1. The van der Waals surface area contributed by atoms with Crippen molar-refractivity contribution in [1.82, 2.24) is 5.32 Å². The second-order valence-electron chi connectivity index (χ2n) is 8.13. The van der Waals surface area contributed by atoms with Gasteiger partial charge in [-0.05, 0) is 80.8 Å². The third-order valence-corrected chi connectivity index (χ3v) is 7.38. The highest BCUT2D eigenvalue weighted by atomic mass is 35.5. The Kier molecular flexibility index (Phi) is 6.78. The van der Waals surface area contributed by atoms with Crippen molar-refractivity contribution in [3.05, 3.63) is 63.7 Å². The quantitative estimate of drug-likeness (QED) is 0.704. The summed E-state index contributed by atoms with van der Waals surface area (Å²) >= 11 is 6.19. The normalized spacial score (nSPS) is 15.8. The maximum atomic E-state index is 13.0. The number of benzene rings is 2. The van der Waals surface area contributed by atoms with Crippen molar-refractivity contribution in [3.63, 3.8) is 0 Å². The van der Waals surface area contributed by atoms with Gasteiger partial charge in [-0.2, -0.15) is 0 Å². The summed E-state index contributed by atoms with van der Waals surface area (Å²) < 4.78 is 26.1. The monoisotopic (exact) mass is 448 g/mol. The summed E-state index contributed by atoms with van der Waals surface area (Å²) in [7, 11) is -3.69. The molecule has 0 radical (unpaired) electrons. The van der Waals surface area contributed by atoms with E-state index in [1.165, 1.54) is 24.0 Å². The van der Waals surface area contributed by atoms with Crippen LogP contribution in [0.1, 0.15) is 55.0 Å². The van der Waals surface area contributed by atoms with E-state index in [1.54, 1.807) is 25.1 Å². The first-order chi connectivity index (χ1) is 14.1. The average Bonchev–Trinajstić information content (AvgIpc) is 2.69. The maximum Gasteiger partial charge on any atom is 0.244 e. The van der Waals surface area contributed by atoms with Crippen LogP contribution in [-0.2, 0) is 27.7 Å². The molecule has 30 heavy (non-hydrogen) atoms. The van der Waals surface area contributed by atoms with Crippen LogP contribution in [0.25, 0.3) is 0 Å². The fourth-order valence-corrected chi connectivity index (χ4v) is 5.31. The molecule has 5 nitrogen and oxygen atoms in total.